The Morgan fingerprint density at radius 2 is 2.07 bits per heavy atom. The Labute approximate surface area is 87.8 Å². The van der Waals surface area contributed by atoms with E-state index in [2.05, 4.69) is 9.89 Å². The van der Waals surface area contributed by atoms with Crippen molar-refractivity contribution in [3.63, 3.8) is 0 Å². The molecule has 0 aliphatic rings. The van der Waals surface area contributed by atoms with Crippen LogP contribution in [0.5, 0.6) is 0 Å². The van der Waals surface area contributed by atoms with E-state index < -0.39 is 5.97 Å². The van der Waals surface area contributed by atoms with Gasteiger partial charge in [0.1, 0.15) is 6.26 Å². The minimum atomic E-state index is -0.482. The fourth-order valence-corrected chi connectivity index (χ4v) is 0.820. The third-order valence-corrected chi connectivity index (χ3v) is 1.53. The zero-order valence-electron chi connectivity index (χ0n) is 8.29. The van der Waals surface area contributed by atoms with E-state index in [-0.39, 0.29) is 0 Å². The van der Waals surface area contributed by atoms with E-state index in [1.54, 1.807) is 6.21 Å². The van der Waals surface area contributed by atoms with Crippen molar-refractivity contribution in [1.29, 1.82) is 0 Å². The predicted octanol–water partition coefficient (Wildman–Crippen LogP) is 1.72. The van der Waals surface area contributed by atoms with Crippen molar-refractivity contribution in [2.24, 2.45) is 5.16 Å². The van der Waals surface area contributed by atoms with Gasteiger partial charge >= 0.3 is 5.97 Å². The van der Waals surface area contributed by atoms with Crippen LogP contribution in [0, 0.1) is 0 Å². The Hall–Kier alpha value is -2.10. The topological polar surface area (TPSA) is 47.9 Å². The van der Waals surface area contributed by atoms with E-state index in [1.165, 1.54) is 7.11 Å². The number of ether oxygens (including phenoxy) is 1. The number of carbonyl (C=O) groups excluding carboxylic acids is 1. The highest BCUT2D eigenvalue weighted by molar-refractivity contribution is 5.81. The Bertz CT molecular complexity index is 357. The van der Waals surface area contributed by atoms with Crippen LogP contribution in [0.2, 0.25) is 0 Å². The summed E-state index contributed by atoms with van der Waals surface area (Å²) in [6.45, 7) is 0. The third-order valence-electron chi connectivity index (χ3n) is 1.53. The molecular formula is C11H11NO3. The SMILES string of the molecule is COC(=O)/C=C/O/N=C/c1ccccc1. The summed E-state index contributed by atoms with van der Waals surface area (Å²) in [5.41, 5.74) is 0.920. The van der Waals surface area contributed by atoms with Crippen molar-refractivity contribution in [2.45, 2.75) is 0 Å². The number of esters is 1. The molecule has 0 atom stereocenters. The number of benzene rings is 1. The van der Waals surface area contributed by atoms with Gasteiger partial charge in [0.25, 0.3) is 0 Å². The highest BCUT2D eigenvalue weighted by atomic mass is 16.6. The molecule has 15 heavy (non-hydrogen) atoms. The van der Waals surface area contributed by atoms with Gasteiger partial charge in [-0.25, -0.2) is 4.79 Å². The van der Waals surface area contributed by atoms with E-state index in [0.29, 0.717) is 0 Å². The second kappa shape index (κ2) is 6.37. The van der Waals surface area contributed by atoms with Crippen LogP contribution in [0.3, 0.4) is 0 Å². The molecule has 0 saturated carbocycles. The monoisotopic (exact) mass is 205 g/mol. The maximum atomic E-state index is 10.6. The molecule has 0 fully saturated rings. The lowest BCUT2D eigenvalue weighted by molar-refractivity contribution is -0.134. The third kappa shape index (κ3) is 4.61. The van der Waals surface area contributed by atoms with E-state index in [0.717, 1.165) is 17.9 Å². The number of hydrogen-bond acceptors (Lipinski definition) is 4. The Balaban J connectivity index is 2.35. The van der Waals surface area contributed by atoms with Gasteiger partial charge in [0.05, 0.1) is 19.4 Å². The zero-order valence-corrected chi connectivity index (χ0v) is 8.29. The normalized spacial score (nSPS) is 10.7. The molecule has 0 radical (unpaired) electrons. The highest BCUT2D eigenvalue weighted by Crippen LogP contribution is 1.94. The summed E-state index contributed by atoms with van der Waals surface area (Å²) < 4.78 is 4.36. The zero-order chi connectivity index (χ0) is 10.9. The van der Waals surface area contributed by atoms with Gasteiger partial charge in [-0.15, -0.1) is 0 Å². The van der Waals surface area contributed by atoms with E-state index in [1.807, 2.05) is 30.3 Å². The predicted molar refractivity (Wildman–Crippen MR) is 56.3 cm³/mol. The van der Waals surface area contributed by atoms with E-state index in [9.17, 15) is 4.79 Å². The molecule has 1 rings (SSSR count). The molecular weight excluding hydrogens is 194 g/mol. The lowest BCUT2D eigenvalue weighted by atomic mass is 10.2. The minimum absolute atomic E-state index is 0.482. The summed E-state index contributed by atoms with van der Waals surface area (Å²) in [7, 11) is 1.29. The first-order valence-electron chi connectivity index (χ1n) is 4.31. The van der Waals surface area contributed by atoms with Gasteiger partial charge in [0, 0.05) is 0 Å². The molecule has 0 bridgehead atoms. The second-order valence-corrected chi connectivity index (χ2v) is 2.58. The van der Waals surface area contributed by atoms with Crippen molar-refractivity contribution in [3.8, 4) is 0 Å². The van der Waals surface area contributed by atoms with Gasteiger partial charge in [0.2, 0.25) is 0 Å². The fourth-order valence-electron chi connectivity index (χ4n) is 0.820. The van der Waals surface area contributed by atoms with Crippen LogP contribution in [0.1, 0.15) is 5.56 Å². The number of carbonyl (C=O) groups is 1. The van der Waals surface area contributed by atoms with Crippen molar-refractivity contribution < 1.29 is 14.4 Å². The lowest BCUT2D eigenvalue weighted by Crippen LogP contribution is -1.93. The average Bonchev–Trinajstić information content (AvgIpc) is 2.29. The van der Waals surface area contributed by atoms with Gasteiger partial charge in [-0.3, -0.25) is 0 Å². The van der Waals surface area contributed by atoms with Gasteiger partial charge in [0.15, 0.2) is 0 Å². The fraction of sp³-hybridized carbons (Fsp3) is 0.0909. The minimum Gasteiger partial charge on any atom is -0.466 e. The van der Waals surface area contributed by atoms with Crippen molar-refractivity contribution >= 4 is 12.2 Å². The van der Waals surface area contributed by atoms with Gasteiger partial charge in [-0.05, 0) is 5.56 Å². The molecule has 0 heterocycles. The van der Waals surface area contributed by atoms with E-state index >= 15 is 0 Å². The Morgan fingerprint density at radius 1 is 1.33 bits per heavy atom. The molecule has 0 N–H and O–H groups in total. The smallest absolute Gasteiger partial charge is 0.333 e. The molecule has 0 spiro atoms. The van der Waals surface area contributed by atoms with Crippen molar-refractivity contribution in [1.82, 2.24) is 0 Å². The summed E-state index contributed by atoms with van der Waals surface area (Å²) in [6.07, 6.45) is 3.84. The van der Waals surface area contributed by atoms with Crippen molar-refractivity contribution in [2.75, 3.05) is 7.11 Å². The standard InChI is InChI=1S/C11H11NO3/c1-14-11(13)7-8-15-12-9-10-5-3-2-4-6-10/h2-9H,1H3/b8-7+,12-9+. The first-order valence-corrected chi connectivity index (χ1v) is 4.31. The van der Waals surface area contributed by atoms with Crippen LogP contribution < -0.4 is 0 Å². The Kier molecular flexibility index (Phi) is 4.66. The van der Waals surface area contributed by atoms with Crippen LogP contribution >= 0.6 is 0 Å². The maximum Gasteiger partial charge on any atom is 0.333 e. The van der Waals surface area contributed by atoms with E-state index in [4.69, 9.17) is 4.84 Å². The average molecular weight is 205 g/mol. The summed E-state index contributed by atoms with van der Waals surface area (Å²) >= 11 is 0. The molecule has 4 heteroatoms. The van der Waals surface area contributed by atoms with Gasteiger partial charge in [-0.1, -0.05) is 35.5 Å². The molecule has 1 aromatic rings. The molecule has 78 valence electrons. The molecule has 4 nitrogen and oxygen atoms in total. The number of nitrogens with zero attached hydrogens (tertiary/aromatic N) is 1. The first-order chi connectivity index (χ1) is 7.33. The van der Waals surface area contributed by atoms with Gasteiger partial charge < -0.3 is 9.57 Å². The summed E-state index contributed by atoms with van der Waals surface area (Å²) in [4.78, 5) is 15.3. The first kappa shape index (κ1) is 11.0. The van der Waals surface area contributed by atoms with Crippen LogP contribution in [-0.2, 0) is 14.4 Å². The summed E-state index contributed by atoms with van der Waals surface area (Å²) in [5.74, 6) is -0.482. The quantitative estimate of drug-likeness (QED) is 0.247. The molecule has 1 aromatic carbocycles. The summed E-state index contributed by atoms with van der Waals surface area (Å²) in [5, 5.41) is 3.63. The number of methoxy groups -OCH3 is 1. The molecule has 0 saturated heterocycles. The van der Waals surface area contributed by atoms with Crippen LogP contribution in [0.25, 0.3) is 0 Å². The van der Waals surface area contributed by atoms with Crippen molar-refractivity contribution in [3.05, 3.63) is 48.2 Å². The largest absolute Gasteiger partial charge is 0.466 e. The molecule has 0 unspecified atom stereocenters. The molecule has 0 aromatic heterocycles. The maximum absolute atomic E-state index is 10.6. The van der Waals surface area contributed by atoms with Crippen LogP contribution in [-0.4, -0.2) is 19.3 Å². The number of rotatable bonds is 4. The highest BCUT2D eigenvalue weighted by Gasteiger charge is 1.88. The Morgan fingerprint density at radius 3 is 2.73 bits per heavy atom. The molecule has 0 amide bonds. The summed E-state index contributed by atoms with van der Waals surface area (Å²) in [6, 6.07) is 9.47. The number of oxime groups is 1. The number of hydrogen-bond donors (Lipinski definition) is 0. The molecule has 0 aliphatic heterocycles. The second-order valence-electron chi connectivity index (χ2n) is 2.58. The van der Waals surface area contributed by atoms with Crippen LogP contribution in [0.4, 0.5) is 0 Å². The molecule has 0 aliphatic carbocycles. The van der Waals surface area contributed by atoms with Gasteiger partial charge in [-0.2, -0.15) is 0 Å². The van der Waals surface area contributed by atoms with Crippen LogP contribution in [0.15, 0.2) is 47.8 Å². The lowest BCUT2D eigenvalue weighted by Gasteiger charge is -1.91.